The van der Waals surface area contributed by atoms with Crippen LogP contribution < -0.4 is 0 Å². The van der Waals surface area contributed by atoms with Crippen LogP contribution in [0.4, 0.5) is 0 Å². The van der Waals surface area contributed by atoms with Gasteiger partial charge in [0.25, 0.3) is 0 Å². The van der Waals surface area contributed by atoms with Crippen LogP contribution in [0.1, 0.15) is 20.3 Å². The highest BCUT2D eigenvalue weighted by Gasteiger charge is 2.43. The Morgan fingerprint density at radius 2 is 2.25 bits per heavy atom. The Bertz CT molecular complexity index is 579. The Hall–Kier alpha value is -2.10. The van der Waals surface area contributed by atoms with Gasteiger partial charge in [0.1, 0.15) is 5.76 Å². The lowest BCUT2D eigenvalue weighted by Crippen LogP contribution is -2.32. The molecule has 106 valence electrons. The SMILES string of the molecule is C=C[C@@]1(C)C=C2OC(=O)C(C)=C2C[C@H]1C(=C)C(=O)OC. The van der Waals surface area contributed by atoms with Crippen molar-refractivity contribution in [3.8, 4) is 0 Å². The molecule has 0 aromatic heterocycles. The molecule has 1 heterocycles. The van der Waals surface area contributed by atoms with Crippen LogP contribution in [-0.2, 0) is 19.1 Å². The van der Waals surface area contributed by atoms with E-state index >= 15 is 0 Å². The van der Waals surface area contributed by atoms with E-state index in [1.807, 2.05) is 13.0 Å². The highest BCUT2D eigenvalue weighted by molar-refractivity contribution is 5.94. The molecule has 0 amide bonds. The summed E-state index contributed by atoms with van der Waals surface area (Å²) in [6.07, 6.45) is 4.10. The first-order valence-corrected chi connectivity index (χ1v) is 6.40. The summed E-state index contributed by atoms with van der Waals surface area (Å²) in [6.45, 7) is 11.3. The van der Waals surface area contributed by atoms with Crippen LogP contribution in [0.3, 0.4) is 0 Å². The smallest absolute Gasteiger partial charge is 0.339 e. The molecule has 0 saturated heterocycles. The molecular weight excluding hydrogens is 256 g/mol. The second-order valence-electron chi connectivity index (χ2n) is 5.35. The van der Waals surface area contributed by atoms with Gasteiger partial charge in [-0.2, -0.15) is 0 Å². The molecule has 0 bridgehead atoms. The zero-order valence-corrected chi connectivity index (χ0v) is 12.0. The van der Waals surface area contributed by atoms with Crippen molar-refractivity contribution in [2.45, 2.75) is 20.3 Å². The molecule has 2 aliphatic rings. The van der Waals surface area contributed by atoms with Crippen LogP contribution >= 0.6 is 0 Å². The van der Waals surface area contributed by atoms with Gasteiger partial charge in [-0.05, 0) is 19.4 Å². The van der Waals surface area contributed by atoms with E-state index in [0.717, 1.165) is 5.57 Å². The number of esters is 2. The molecule has 0 aromatic carbocycles. The van der Waals surface area contributed by atoms with Crippen molar-refractivity contribution in [3.05, 3.63) is 47.8 Å². The summed E-state index contributed by atoms with van der Waals surface area (Å²) in [5, 5.41) is 0. The lowest BCUT2D eigenvalue weighted by atomic mass is 9.66. The van der Waals surface area contributed by atoms with Gasteiger partial charge in [-0.1, -0.05) is 19.6 Å². The number of ether oxygens (including phenoxy) is 2. The maximum atomic E-state index is 11.8. The number of carbonyl (C=O) groups excluding carboxylic acids is 2. The number of allylic oxidation sites excluding steroid dienone is 3. The summed E-state index contributed by atoms with van der Waals surface area (Å²) in [4.78, 5) is 23.4. The Morgan fingerprint density at radius 3 is 2.80 bits per heavy atom. The highest BCUT2D eigenvalue weighted by atomic mass is 16.5. The molecule has 2 rings (SSSR count). The molecule has 0 saturated carbocycles. The first-order chi connectivity index (χ1) is 9.34. The first kappa shape index (κ1) is 14.3. The van der Waals surface area contributed by atoms with Crippen molar-refractivity contribution >= 4 is 11.9 Å². The fourth-order valence-corrected chi connectivity index (χ4v) is 2.70. The van der Waals surface area contributed by atoms with Gasteiger partial charge in [0, 0.05) is 28.1 Å². The summed E-state index contributed by atoms with van der Waals surface area (Å²) in [6, 6.07) is 0. The largest absolute Gasteiger partial charge is 0.466 e. The van der Waals surface area contributed by atoms with E-state index in [1.165, 1.54) is 7.11 Å². The van der Waals surface area contributed by atoms with E-state index in [2.05, 4.69) is 13.2 Å². The monoisotopic (exact) mass is 274 g/mol. The summed E-state index contributed by atoms with van der Waals surface area (Å²) >= 11 is 0. The predicted molar refractivity (Wildman–Crippen MR) is 74.4 cm³/mol. The number of carbonyl (C=O) groups is 2. The van der Waals surface area contributed by atoms with Crippen molar-refractivity contribution in [3.63, 3.8) is 0 Å². The normalized spacial score (nSPS) is 28.4. The van der Waals surface area contributed by atoms with Crippen LogP contribution in [0.5, 0.6) is 0 Å². The van der Waals surface area contributed by atoms with Gasteiger partial charge < -0.3 is 9.47 Å². The summed E-state index contributed by atoms with van der Waals surface area (Å²) < 4.78 is 10.00. The fraction of sp³-hybridized carbons (Fsp3) is 0.375. The molecule has 0 N–H and O–H groups in total. The fourth-order valence-electron chi connectivity index (χ4n) is 2.70. The van der Waals surface area contributed by atoms with Crippen LogP contribution in [0.25, 0.3) is 0 Å². The van der Waals surface area contributed by atoms with Gasteiger partial charge in [0.05, 0.1) is 7.11 Å². The Kier molecular flexibility index (Phi) is 3.42. The molecule has 0 aromatic rings. The van der Waals surface area contributed by atoms with Gasteiger partial charge in [-0.3, -0.25) is 0 Å². The van der Waals surface area contributed by atoms with Gasteiger partial charge in [0.15, 0.2) is 0 Å². The number of hydrogen-bond acceptors (Lipinski definition) is 4. The molecule has 0 unspecified atom stereocenters. The van der Waals surface area contributed by atoms with Crippen molar-refractivity contribution < 1.29 is 19.1 Å². The molecule has 2 atom stereocenters. The third kappa shape index (κ3) is 2.01. The van der Waals surface area contributed by atoms with E-state index < -0.39 is 11.4 Å². The predicted octanol–water partition coefficient (Wildman–Crippen LogP) is 2.69. The first-order valence-electron chi connectivity index (χ1n) is 6.40. The summed E-state index contributed by atoms with van der Waals surface area (Å²) in [5.41, 5.74) is 1.30. The molecule has 0 radical (unpaired) electrons. The number of rotatable bonds is 3. The molecule has 0 fully saturated rings. The standard InChI is InChI=1S/C16H18O4/c1-6-16(4)8-13-11(9(2)15(18)20-13)7-12(16)10(3)14(17)19-5/h6,8,12H,1,3,7H2,2,4-5H3/t12-,16-/m0/s1. The van der Waals surface area contributed by atoms with Crippen molar-refractivity contribution in [2.75, 3.05) is 7.11 Å². The third-order valence-electron chi connectivity index (χ3n) is 4.17. The minimum atomic E-state index is -0.505. The van der Waals surface area contributed by atoms with E-state index in [4.69, 9.17) is 9.47 Å². The van der Waals surface area contributed by atoms with Crippen LogP contribution in [0.2, 0.25) is 0 Å². The minimum Gasteiger partial charge on any atom is -0.466 e. The average molecular weight is 274 g/mol. The van der Waals surface area contributed by atoms with Crippen molar-refractivity contribution in [2.24, 2.45) is 11.3 Å². The van der Waals surface area contributed by atoms with Gasteiger partial charge in [-0.25, -0.2) is 9.59 Å². The second-order valence-corrected chi connectivity index (χ2v) is 5.35. The molecule has 1 aliphatic heterocycles. The lowest BCUT2D eigenvalue weighted by molar-refractivity contribution is -0.137. The molecule has 1 aliphatic carbocycles. The second kappa shape index (κ2) is 4.78. The number of fused-ring (bicyclic) bond motifs is 1. The van der Waals surface area contributed by atoms with Crippen molar-refractivity contribution in [1.82, 2.24) is 0 Å². The maximum absolute atomic E-state index is 11.8. The zero-order chi connectivity index (χ0) is 15.1. The van der Waals surface area contributed by atoms with Crippen LogP contribution in [0.15, 0.2) is 47.8 Å². The number of methoxy groups -OCH3 is 1. The van der Waals surface area contributed by atoms with E-state index in [-0.39, 0.29) is 11.9 Å². The average Bonchev–Trinajstić information content (AvgIpc) is 2.70. The Morgan fingerprint density at radius 1 is 1.60 bits per heavy atom. The third-order valence-corrected chi connectivity index (χ3v) is 4.17. The van der Waals surface area contributed by atoms with Gasteiger partial charge in [-0.15, -0.1) is 6.58 Å². The van der Waals surface area contributed by atoms with E-state index in [0.29, 0.717) is 23.3 Å². The van der Waals surface area contributed by atoms with Crippen LogP contribution in [-0.4, -0.2) is 19.0 Å². The lowest BCUT2D eigenvalue weighted by Gasteiger charge is -2.37. The topological polar surface area (TPSA) is 52.6 Å². The highest BCUT2D eigenvalue weighted by Crippen LogP contribution is 2.48. The maximum Gasteiger partial charge on any atom is 0.339 e. The Labute approximate surface area is 118 Å². The van der Waals surface area contributed by atoms with Gasteiger partial charge >= 0.3 is 11.9 Å². The van der Waals surface area contributed by atoms with Crippen molar-refractivity contribution in [1.29, 1.82) is 0 Å². The van der Waals surface area contributed by atoms with Gasteiger partial charge in [0.2, 0.25) is 0 Å². The van der Waals surface area contributed by atoms with E-state index in [1.54, 1.807) is 13.0 Å². The minimum absolute atomic E-state index is 0.198. The zero-order valence-electron chi connectivity index (χ0n) is 12.0. The summed E-state index contributed by atoms with van der Waals surface area (Å²) in [5.74, 6) is -0.398. The molecule has 0 spiro atoms. The molecule has 4 nitrogen and oxygen atoms in total. The summed E-state index contributed by atoms with van der Waals surface area (Å²) in [7, 11) is 1.33. The van der Waals surface area contributed by atoms with Crippen LogP contribution in [0, 0.1) is 11.3 Å². The molecular formula is C16H18O4. The molecule has 20 heavy (non-hydrogen) atoms. The van der Waals surface area contributed by atoms with E-state index in [9.17, 15) is 9.59 Å². The molecule has 4 heteroatoms. The number of hydrogen-bond donors (Lipinski definition) is 0. The quantitative estimate of drug-likeness (QED) is 0.451. The Balaban J connectivity index is 2.49.